The fraction of sp³-hybridized carbons (Fsp3) is 0.333. The number of hydrogen-bond donors (Lipinski definition) is 1. The monoisotopic (exact) mass is 363 g/mol. The molecule has 1 aromatic heterocycles. The van der Waals surface area contributed by atoms with Crippen molar-refractivity contribution in [1.29, 1.82) is 0 Å². The van der Waals surface area contributed by atoms with Crippen molar-refractivity contribution in [3.8, 4) is 11.5 Å². The van der Waals surface area contributed by atoms with Crippen LogP contribution in [0.5, 0.6) is 11.5 Å². The molecule has 1 aromatic carbocycles. The van der Waals surface area contributed by atoms with Gasteiger partial charge in [0.15, 0.2) is 0 Å². The molecule has 0 bridgehead atoms. The molecule has 3 rings (SSSR count). The summed E-state index contributed by atoms with van der Waals surface area (Å²) in [6, 6.07) is 9.09. The van der Waals surface area contributed by atoms with Crippen LogP contribution in [-0.2, 0) is 0 Å². The number of piperazine rings is 1. The molecule has 1 aliphatic heterocycles. The van der Waals surface area contributed by atoms with Crippen LogP contribution in [0.2, 0.25) is 0 Å². The van der Waals surface area contributed by atoms with E-state index in [1.54, 1.807) is 38.6 Å². The molecule has 0 spiro atoms. The second-order valence-corrected chi connectivity index (χ2v) is 5.61. The summed E-state index contributed by atoms with van der Waals surface area (Å²) in [5.41, 5.74) is 1.58. The van der Waals surface area contributed by atoms with Crippen molar-refractivity contribution in [3.05, 3.63) is 53.9 Å². The highest BCUT2D eigenvalue weighted by atomic mass is 35.5. The van der Waals surface area contributed by atoms with Gasteiger partial charge in [0.2, 0.25) is 0 Å². The van der Waals surface area contributed by atoms with Gasteiger partial charge in [-0.1, -0.05) is 6.07 Å². The molecule has 1 aliphatic rings. The zero-order chi connectivity index (χ0) is 16.9. The van der Waals surface area contributed by atoms with Crippen LogP contribution in [0.1, 0.15) is 22.0 Å². The van der Waals surface area contributed by atoms with E-state index in [9.17, 15) is 4.79 Å². The highest BCUT2D eigenvalue weighted by molar-refractivity contribution is 5.95. The minimum absolute atomic E-state index is 0. The highest BCUT2D eigenvalue weighted by Crippen LogP contribution is 2.27. The minimum atomic E-state index is -0.0443. The highest BCUT2D eigenvalue weighted by Gasteiger charge is 2.29. The molecule has 0 radical (unpaired) electrons. The summed E-state index contributed by atoms with van der Waals surface area (Å²) in [4.78, 5) is 19.1. The Kier molecular flexibility index (Phi) is 6.61. The maximum absolute atomic E-state index is 13.1. The predicted octanol–water partition coefficient (Wildman–Crippen LogP) is 2.31. The Bertz CT molecular complexity index is 690. The van der Waals surface area contributed by atoms with Crippen LogP contribution in [0, 0.1) is 0 Å². The molecule has 1 unspecified atom stereocenters. The van der Waals surface area contributed by atoms with Crippen molar-refractivity contribution >= 4 is 18.3 Å². The Morgan fingerprint density at radius 1 is 1.24 bits per heavy atom. The number of halogens is 1. The second kappa shape index (κ2) is 8.69. The molecule has 0 aliphatic carbocycles. The number of pyridine rings is 1. The smallest absolute Gasteiger partial charge is 0.254 e. The summed E-state index contributed by atoms with van der Waals surface area (Å²) in [5.74, 6) is 1.17. The van der Waals surface area contributed by atoms with E-state index in [1.807, 2.05) is 23.2 Å². The van der Waals surface area contributed by atoms with E-state index in [0.717, 1.165) is 12.1 Å². The van der Waals surface area contributed by atoms with E-state index < -0.39 is 0 Å². The van der Waals surface area contributed by atoms with Crippen molar-refractivity contribution in [2.45, 2.75) is 6.04 Å². The molecule has 1 N–H and O–H groups in total. The SMILES string of the molecule is COc1cc(OC)cc(C(=O)N2CCNCC2c2cccnc2)c1.Cl. The number of aromatic nitrogens is 1. The van der Waals surface area contributed by atoms with E-state index in [0.29, 0.717) is 30.2 Å². The van der Waals surface area contributed by atoms with Crippen LogP contribution < -0.4 is 14.8 Å². The number of rotatable bonds is 4. The lowest BCUT2D eigenvalue weighted by Gasteiger charge is -2.36. The summed E-state index contributed by atoms with van der Waals surface area (Å²) in [7, 11) is 3.15. The van der Waals surface area contributed by atoms with Crippen LogP contribution in [-0.4, -0.2) is 49.6 Å². The fourth-order valence-corrected chi connectivity index (χ4v) is 2.92. The number of nitrogens with one attached hydrogen (secondary N) is 1. The molecular weight excluding hydrogens is 342 g/mol. The van der Waals surface area contributed by atoms with Crippen LogP contribution in [0.25, 0.3) is 0 Å². The first-order valence-corrected chi connectivity index (χ1v) is 7.87. The molecule has 134 valence electrons. The van der Waals surface area contributed by atoms with E-state index in [-0.39, 0.29) is 24.4 Å². The Labute approximate surface area is 153 Å². The average molecular weight is 364 g/mol. The van der Waals surface area contributed by atoms with E-state index in [4.69, 9.17) is 9.47 Å². The molecule has 1 fully saturated rings. The van der Waals surface area contributed by atoms with Crippen molar-refractivity contribution in [2.75, 3.05) is 33.9 Å². The van der Waals surface area contributed by atoms with Crippen LogP contribution in [0.15, 0.2) is 42.7 Å². The molecule has 25 heavy (non-hydrogen) atoms. The lowest BCUT2D eigenvalue weighted by molar-refractivity contribution is 0.0633. The number of hydrogen-bond acceptors (Lipinski definition) is 5. The van der Waals surface area contributed by atoms with Gasteiger partial charge < -0.3 is 19.7 Å². The number of methoxy groups -OCH3 is 2. The van der Waals surface area contributed by atoms with Gasteiger partial charge in [0.25, 0.3) is 5.91 Å². The number of nitrogens with zero attached hydrogens (tertiary/aromatic N) is 2. The summed E-state index contributed by atoms with van der Waals surface area (Å²) < 4.78 is 10.5. The first-order chi connectivity index (χ1) is 11.7. The Morgan fingerprint density at radius 2 is 1.96 bits per heavy atom. The van der Waals surface area contributed by atoms with Gasteiger partial charge in [-0.25, -0.2) is 0 Å². The molecule has 2 aromatic rings. The average Bonchev–Trinajstić information content (AvgIpc) is 2.67. The van der Waals surface area contributed by atoms with Gasteiger partial charge in [0.1, 0.15) is 11.5 Å². The second-order valence-electron chi connectivity index (χ2n) is 5.61. The van der Waals surface area contributed by atoms with Gasteiger partial charge in [0.05, 0.1) is 20.3 Å². The Hall–Kier alpha value is -2.31. The summed E-state index contributed by atoms with van der Waals surface area (Å²) in [5, 5.41) is 3.34. The van der Waals surface area contributed by atoms with E-state index in [2.05, 4.69) is 10.3 Å². The number of benzene rings is 1. The summed E-state index contributed by atoms with van der Waals surface area (Å²) >= 11 is 0. The van der Waals surface area contributed by atoms with Crippen molar-refractivity contribution in [1.82, 2.24) is 15.2 Å². The first kappa shape index (κ1) is 19.0. The van der Waals surface area contributed by atoms with Gasteiger partial charge in [-0.05, 0) is 23.8 Å². The molecule has 1 saturated heterocycles. The van der Waals surface area contributed by atoms with E-state index in [1.165, 1.54) is 0 Å². The normalized spacial score (nSPS) is 16.7. The van der Waals surface area contributed by atoms with Crippen LogP contribution in [0.4, 0.5) is 0 Å². The van der Waals surface area contributed by atoms with Crippen LogP contribution in [0.3, 0.4) is 0 Å². The number of ether oxygens (including phenoxy) is 2. The quantitative estimate of drug-likeness (QED) is 0.903. The molecule has 2 heterocycles. The molecule has 0 saturated carbocycles. The lowest BCUT2D eigenvalue weighted by Crippen LogP contribution is -2.48. The Morgan fingerprint density at radius 3 is 2.56 bits per heavy atom. The molecule has 1 atom stereocenters. The number of amides is 1. The van der Waals surface area contributed by atoms with Gasteiger partial charge in [0, 0.05) is 43.7 Å². The minimum Gasteiger partial charge on any atom is -0.497 e. The molecule has 7 heteroatoms. The largest absolute Gasteiger partial charge is 0.497 e. The van der Waals surface area contributed by atoms with Crippen molar-refractivity contribution in [2.24, 2.45) is 0 Å². The summed E-state index contributed by atoms with van der Waals surface area (Å²) in [6.45, 7) is 2.11. The van der Waals surface area contributed by atoms with Gasteiger partial charge >= 0.3 is 0 Å². The van der Waals surface area contributed by atoms with Gasteiger partial charge in [-0.3, -0.25) is 9.78 Å². The van der Waals surface area contributed by atoms with Crippen molar-refractivity contribution < 1.29 is 14.3 Å². The van der Waals surface area contributed by atoms with Gasteiger partial charge in [-0.15, -0.1) is 12.4 Å². The fourth-order valence-electron chi connectivity index (χ4n) is 2.92. The van der Waals surface area contributed by atoms with E-state index >= 15 is 0 Å². The van der Waals surface area contributed by atoms with Crippen molar-refractivity contribution in [3.63, 3.8) is 0 Å². The third-order valence-corrected chi connectivity index (χ3v) is 4.17. The molecule has 6 nitrogen and oxygen atoms in total. The number of carbonyl (C=O) groups is 1. The third kappa shape index (κ3) is 4.21. The third-order valence-electron chi connectivity index (χ3n) is 4.17. The predicted molar refractivity (Wildman–Crippen MR) is 97.7 cm³/mol. The number of carbonyl (C=O) groups excluding carboxylic acids is 1. The first-order valence-electron chi connectivity index (χ1n) is 7.87. The Balaban J connectivity index is 0.00000225. The van der Waals surface area contributed by atoms with Crippen LogP contribution >= 0.6 is 12.4 Å². The zero-order valence-electron chi connectivity index (χ0n) is 14.3. The molecular formula is C18H22ClN3O3. The molecule has 1 amide bonds. The standard InChI is InChI=1S/C18H21N3O3.ClH/c1-23-15-8-14(9-16(10-15)24-2)18(22)21-7-6-20-12-17(21)13-4-3-5-19-11-13;/h3-5,8-11,17,20H,6-7,12H2,1-2H3;1H. The van der Waals surface area contributed by atoms with Gasteiger partial charge in [-0.2, -0.15) is 0 Å². The maximum atomic E-state index is 13.1. The lowest BCUT2D eigenvalue weighted by atomic mass is 10.0. The zero-order valence-corrected chi connectivity index (χ0v) is 15.1. The summed E-state index contributed by atoms with van der Waals surface area (Å²) in [6.07, 6.45) is 3.54. The maximum Gasteiger partial charge on any atom is 0.254 e. The topological polar surface area (TPSA) is 63.7 Å².